The van der Waals surface area contributed by atoms with Gasteiger partial charge in [-0.3, -0.25) is 0 Å². The normalized spacial score (nSPS) is 13.6. The molecule has 4 heteroatoms. The molecule has 0 saturated carbocycles. The molecule has 0 aliphatic rings. The molecule has 0 saturated heterocycles. The molecule has 108 valence electrons. The Morgan fingerprint density at radius 1 is 1.21 bits per heavy atom. The van der Waals surface area contributed by atoms with Crippen molar-refractivity contribution in [1.82, 2.24) is 15.3 Å². The second kappa shape index (κ2) is 6.44. The molecule has 1 unspecified atom stereocenters. The lowest BCUT2D eigenvalue weighted by Gasteiger charge is -2.25. The van der Waals surface area contributed by atoms with Gasteiger partial charge in [-0.2, -0.15) is 0 Å². The molecule has 1 aromatic rings. The van der Waals surface area contributed by atoms with E-state index in [9.17, 15) is 0 Å². The predicted molar refractivity (Wildman–Crippen MR) is 78.5 cm³/mol. The van der Waals surface area contributed by atoms with Crippen LogP contribution in [0.1, 0.15) is 56.4 Å². The number of aromatic nitrogens is 2. The molecular weight excluding hydrogens is 238 g/mol. The lowest BCUT2D eigenvalue weighted by Crippen LogP contribution is -2.27. The van der Waals surface area contributed by atoms with Crippen LogP contribution >= 0.6 is 0 Å². The van der Waals surface area contributed by atoms with E-state index in [4.69, 9.17) is 4.74 Å². The number of rotatable bonds is 6. The SMILES string of the molecule is CCOC(C)(C)c1nc(C)c(C(C)CNC)c(C)n1. The highest BCUT2D eigenvalue weighted by Crippen LogP contribution is 2.26. The average Bonchev–Trinajstić information content (AvgIpc) is 2.28. The van der Waals surface area contributed by atoms with E-state index in [0.717, 1.165) is 23.8 Å². The topological polar surface area (TPSA) is 47.0 Å². The molecule has 1 N–H and O–H groups in total. The van der Waals surface area contributed by atoms with Crippen LogP contribution in [0.25, 0.3) is 0 Å². The largest absolute Gasteiger partial charge is 0.368 e. The Morgan fingerprint density at radius 3 is 2.16 bits per heavy atom. The zero-order valence-corrected chi connectivity index (χ0v) is 13.3. The first kappa shape index (κ1) is 16.1. The zero-order chi connectivity index (χ0) is 14.6. The van der Waals surface area contributed by atoms with Crippen LogP contribution in [-0.4, -0.2) is 30.2 Å². The van der Waals surface area contributed by atoms with E-state index < -0.39 is 5.60 Å². The first-order chi connectivity index (χ1) is 8.83. The maximum atomic E-state index is 5.74. The number of nitrogens with zero attached hydrogens (tertiary/aromatic N) is 2. The second-order valence-electron chi connectivity index (χ2n) is 5.53. The molecule has 0 spiro atoms. The van der Waals surface area contributed by atoms with Gasteiger partial charge in [0.15, 0.2) is 5.82 Å². The van der Waals surface area contributed by atoms with Crippen molar-refractivity contribution in [2.45, 2.75) is 53.1 Å². The maximum Gasteiger partial charge on any atom is 0.160 e. The Hall–Kier alpha value is -1.00. The number of nitrogens with one attached hydrogen (secondary N) is 1. The fourth-order valence-electron chi connectivity index (χ4n) is 2.54. The third-order valence-electron chi connectivity index (χ3n) is 3.37. The smallest absolute Gasteiger partial charge is 0.160 e. The Bertz CT molecular complexity index is 406. The molecule has 0 radical (unpaired) electrons. The van der Waals surface area contributed by atoms with Crippen LogP contribution in [0.15, 0.2) is 0 Å². The van der Waals surface area contributed by atoms with Crippen LogP contribution < -0.4 is 5.32 Å². The van der Waals surface area contributed by atoms with Crippen molar-refractivity contribution in [3.63, 3.8) is 0 Å². The molecule has 19 heavy (non-hydrogen) atoms. The van der Waals surface area contributed by atoms with E-state index >= 15 is 0 Å². The monoisotopic (exact) mass is 265 g/mol. The first-order valence-corrected chi connectivity index (χ1v) is 6.97. The zero-order valence-electron chi connectivity index (χ0n) is 13.3. The van der Waals surface area contributed by atoms with Gasteiger partial charge in [-0.25, -0.2) is 9.97 Å². The molecule has 1 heterocycles. The van der Waals surface area contributed by atoms with E-state index in [2.05, 4.69) is 36.1 Å². The minimum absolute atomic E-state index is 0.411. The Balaban J connectivity index is 3.16. The van der Waals surface area contributed by atoms with Crippen molar-refractivity contribution in [2.24, 2.45) is 0 Å². The third kappa shape index (κ3) is 3.74. The second-order valence-corrected chi connectivity index (χ2v) is 5.53. The summed E-state index contributed by atoms with van der Waals surface area (Å²) in [6.07, 6.45) is 0. The van der Waals surface area contributed by atoms with Crippen LogP contribution in [0, 0.1) is 13.8 Å². The number of ether oxygens (including phenoxy) is 1. The minimum Gasteiger partial charge on any atom is -0.368 e. The van der Waals surface area contributed by atoms with E-state index in [-0.39, 0.29) is 0 Å². The van der Waals surface area contributed by atoms with Gasteiger partial charge in [0.1, 0.15) is 5.60 Å². The van der Waals surface area contributed by atoms with Gasteiger partial charge >= 0.3 is 0 Å². The Kier molecular flexibility index (Phi) is 5.44. The van der Waals surface area contributed by atoms with Gasteiger partial charge in [0.2, 0.25) is 0 Å². The number of hydrogen-bond donors (Lipinski definition) is 1. The third-order valence-corrected chi connectivity index (χ3v) is 3.37. The van der Waals surface area contributed by atoms with Gasteiger partial charge in [-0.05, 0) is 53.1 Å². The van der Waals surface area contributed by atoms with Gasteiger partial charge in [-0.1, -0.05) is 6.92 Å². The maximum absolute atomic E-state index is 5.74. The van der Waals surface area contributed by atoms with Gasteiger partial charge in [0.05, 0.1) is 0 Å². The molecule has 0 aromatic carbocycles. The predicted octanol–water partition coefficient (Wildman–Crippen LogP) is 2.69. The summed E-state index contributed by atoms with van der Waals surface area (Å²) in [6, 6.07) is 0. The van der Waals surface area contributed by atoms with E-state index in [1.807, 2.05) is 27.8 Å². The van der Waals surface area contributed by atoms with Crippen LogP contribution in [0.4, 0.5) is 0 Å². The van der Waals surface area contributed by atoms with Crippen molar-refractivity contribution < 1.29 is 4.74 Å². The summed E-state index contributed by atoms with van der Waals surface area (Å²) < 4.78 is 5.74. The van der Waals surface area contributed by atoms with Crippen molar-refractivity contribution in [3.05, 3.63) is 22.8 Å². The summed E-state index contributed by atoms with van der Waals surface area (Å²) in [7, 11) is 1.97. The van der Waals surface area contributed by atoms with Gasteiger partial charge < -0.3 is 10.1 Å². The molecule has 0 amide bonds. The van der Waals surface area contributed by atoms with Gasteiger partial charge in [0, 0.05) is 24.5 Å². The molecule has 0 fully saturated rings. The van der Waals surface area contributed by atoms with Crippen molar-refractivity contribution in [3.8, 4) is 0 Å². The molecule has 1 aromatic heterocycles. The lowest BCUT2D eigenvalue weighted by molar-refractivity contribution is -0.0210. The number of aryl methyl sites for hydroxylation is 2. The molecule has 1 rings (SSSR count). The van der Waals surface area contributed by atoms with Crippen molar-refractivity contribution >= 4 is 0 Å². The quantitative estimate of drug-likeness (QED) is 0.859. The lowest BCUT2D eigenvalue weighted by atomic mass is 9.97. The fraction of sp³-hybridized carbons (Fsp3) is 0.733. The van der Waals surface area contributed by atoms with Crippen molar-refractivity contribution in [2.75, 3.05) is 20.2 Å². The van der Waals surface area contributed by atoms with Crippen LogP contribution in [0.2, 0.25) is 0 Å². The Labute approximate surface area is 117 Å². The summed E-state index contributed by atoms with van der Waals surface area (Å²) in [5.41, 5.74) is 2.91. The summed E-state index contributed by atoms with van der Waals surface area (Å²) >= 11 is 0. The summed E-state index contributed by atoms with van der Waals surface area (Å²) in [5, 5.41) is 3.21. The summed E-state index contributed by atoms with van der Waals surface area (Å²) in [4.78, 5) is 9.33. The van der Waals surface area contributed by atoms with Crippen LogP contribution in [-0.2, 0) is 10.3 Å². The van der Waals surface area contributed by atoms with E-state index in [0.29, 0.717) is 12.5 Å². The number of likely N-dealkylation sites (N-methyl/N-ethyl adjacent to an activating group) is 1. The molecule has 0 aliphatic carbocycles. The standard InChI is InChI=1S/C15H27N3O/c1-8-19-15(5,6)14-17-11(3)13(12(4)18-14)10(2)9-16-7/h10,16H,8-9H2,1-7H3. The van der Waals surface area contributed by atoms with Crippen LogP contribution in [0.3, 0.4) is 0 Å². The van der Waals surface area contributed by atoms with Crippen molar-refractivity contribution in [1.29, 1.82) is 0 Å². The van der Waals surface area contributed by atoms with Gasteiger partial charge in [0.25, 0.3) is 0 Å². The minimum atomic E-state index is -0.435. The highest BCUT2D eigenvalue weighted by atomic mass is 16.5. The highest BCUT2D eigenvalue weighted by molar-refractivity contribution is 5.29. The summed E-state index contributed by atoms with van der Waals surface area (Å²) in [5.74, 6) is 1.18. The molecule has 0 bridgehead atoms. The Morgan fingerprint density at radius 2 is 1.74 bits per heavy atom. The molecular formula is C15H27N3O. The average molecular weight is 265 g/mol. The molecule has 0 aliphatic heterocycles. The fourth-order valence-corrected chi connectivity index (χ4v) is 2.54. The number of hydrogen-bond acceptors (Lipinski definition) is 4. The van der Waals surface area contributed by atoms with Gasteiger partial charge in [-0.15, -0.1) is 0 Å². The highest BCUT2D eigenvalue weighted by Gasteiger charge is 2.26. The van der Waals surface area contributed by atoms with E-state index in [1.54, 1.807) is 0 Å². The van der Waals surface area contributed by atoms with Crippen LogP contribution in [0.5, 0.6) is 0 Å². The summed E-state index contributed by atoms with van der Waals surface area (Å²) in [6.45, 7) is 13.9. The van der Waals surface area contributed by atoms with E-state index in [1.165, 1.54) is 5.56 Å². The molecule has 1 atom stereocenters. The molecule has 4 nitrogen and oxygen atoms in total. The first-order valence-electron chi connectivity index (χ1n) is 6.97.